The smallest absolute Gasteiger partial charge is 0.170 e. The summed E-state index contributed by atoms with van der Waals surface area (Å²) in [7, 11) is 0. The maximum absolute atomic E-state index is 10.8. The van der Waals surface area contributed by atoms with Crippen molar-refractivity contribution < 1.29 is 8.39 Å². The second-order valence-corrected chi connectivity index (χ2v) is 5.00. The van der Waals surface area contributed by atoms with Gasteiger partial charge in [0.05, 0.1) is 0 Å². The molecule has 33 valence electrons. The summed E-state index contributed by atoms with van der Waals surface area (Å²) in [5, 5.41) is 0. The van der Waals surface area contributed by atoms with Crippen molar-refractivity contribution in [3.05, 3.63) is 0 Å². The predicted octanol–water partition coefficient (Wildman–Crippen LogP) is 1.70. The zero-order valence-electron chi connectivity index (χ0n) is 3.06. The fraction of sp³-hybridized carbons (Fsp3) is 0. The molecule has 0 aliphatic rings. The van der Waals surface area contributed by atoms with Crippen LogP contribution in [0.5, 0.6) is 0 Å². The molecule has 0 fully saturated rings. The topological polar surface area (TPSA) is 0 Å². The van der Waals surface area contributed by atoms with E-state index in [9.17, 15) is 8.39 Å². The van der Waals surface area contributed by atoms with E-state index in [1.165, 1.54) is 0 Å². The third-order valence-corrected chi connectivity index (χ3v) is 0. The molecule has 0 aromatic rings. The van der Waals surface area contributed by atoms with E-state index in [0.29, 0.717) is 0 Å². The van der Waals surface area contributed by atoms with Crippen molar-refractivity contribution in [2.24, 2.45) is 0 Å². The Morgan fingerprint density at radius 1 is 1.50 bits per heavy atom. The largest absolute Gasteiger partial charge is 0.323 e. The average molecular weight is 173 g/mol. The molecule has 0 N–H and O–H groups in total. The molecule has 0 bridgehead atoms. The maximum Gasteiger partial charge on any atom is 0.323 e. The molecule has 0 aromatic carbocycles. The molecular weight excluding hydrogens is 172 g/mol. The Bertz CT molecular complexity index is 57.7. The zero-order valence-corrected chi connectivity index (χ0v) is 8.79. The Morgan fingerprint density at radius 3 is 1.50 bits per heavy atom. The molecule has 0 amide bonds. The summed E-state index contributed by atoms with van der Waals surface area (Å²) in [6.45, 7) is 0. The minimum Gasteiger partial charge on any atom is -0.170 e. The molecule has 0 saturated carbocycles. The normalized spacial score (nSPS) is 9.83. The molecule has 0 aliphatic carbocycles. The van der Waals surface area contributed by atoms with E-state index in [1.54, 1.807) is 0 Å². The van der Waals surface area contributed by atoms with Crippen molar-refractivity contribution in [1.29, 1.82) is 0 Å². The Morgan fingerprint density at radius 2 is 1.50 bits per heavy atom. The van der Waals surface area contributed by atoms with Crippen LogP contribution >= 0.6 is 18.1 Å². The summed E-state index contributed by atoms with van der Waals surface area (Å²) in [5.41, 5.74) is 0. The van der Waals surface area contributed by atoms with E-state index < -0.39 is 5.86 Å². The van der Waals surface area contributed by atoms with Crippen LogP contribution in [0.3, 0.4) is 0 Å². The van der Waals surface area contributed by atoms with Gasteiger partial charge in [0, 0.05) is 51.4 Å². The summed E-state index contributed by atoms with van der Waals surface area (Å²) >= 11 is 6.18. The van der Waals surface area contributed by atoms with Gasteiger partial charge in [-0.2, -0.15) is 8.39 Å². The summed E-state index contributed by atoms with van der Waals surface area (Å²) in [6, 6.07) is 0. The van der Waals surface area contributed by atoms with E-state index >= 15 is 0 Å². The van der Waals surface area contributed by atoms with Gasteiger partial charge >= 0.3 is 5.86 Å². The number of halogens is 2. The molecule has 0 aliphatic heterocycles. The minimum absolute atomic E-state index is 0. The van der Waals surface area contributed by atoms with Crippen molar-refractivity contribution in [2.75, 3.05) is 0 Å². The van der Waals surface area contributed by atoms with Gasteiger partial charge in [-0.15, -0.1) is 0 Å². The fourth-order valence-electron chi connectivity index (χ4n) is 0. The van der Waals surface area contributed by atoms with Gasteiger partial charge in [-0.05, 0) is 11.8 Å². The van der Waals surface area contributed by atoms with Crippen molar-refractivity contribution in [3.8, 4) is 0 Å². The quantitative estimate of drug-likeness (QED) is 0.330. The van der Waals surface area contributed by atoms with Crippen LogP contribution in [0.2, 0.25) is 0 Å². The molecule has 6 heavy (non-hydrogen) atoms. The molecule has 0 atom stereocenters. The van der Waals surface area contributed by atoms with Crippen LogP contribution in [0.4, 0.5) is 8.39 Å². The molecule has 0 rings (SSSR count). The second kappa shape index (κ2) is 4.38. The molecule has 0 unspecified atom stereocenters. The van der Waals surface area contributed by atoms with Crippen molar-refractivity contribution in [2.45, 2.75) is 0 Å². The van der Waals surface area contributed by atoms with Gasteiger partial charge in [-0.25, -0.2) is 0 Å². The van der Waals surface area contributed by atoms with Gasteiger partial charge in [0.1, 0.15) is 0 Å². The molecule has 6 heteroatoms. The van der Waals surface area contributed by atoms with Crippen LogP contribution in [-0.4, -0.2) is 51.4 Å². The van der Waals surface area contributed by atoms with E-state index in [4.69, 9.17) is 0 Å². The SMILES string of the molecule is FP(F)(=S)S.[K]. The summed E-state index contributed by atoms with van der Waals surface area (Å²) < 4.78 is 21.6. The molecule has 0 saturated heterocycles. The molecule has 1 radical (unpaired) electrons. The Labute approximate surface area is 87.9 Å². The molecular formula is HF2KPS2. The van der Waals surface area contributed by atoms with E-state index in [0.717, 1.165) is 0 Å². The number of hydrogen-bond acceptors (Lipinski definition) is 1. The van der Waals surface area contributed by atoms with Crippen molar-refractivity contribution in [1.82, 2.24) is 0 Å². The first-order valence-corrected chi connectivity index (χ1v) is 4.46. The van der Waals surface area contributed by atoms with Gasteiger partial charge in [0.2, 0.25) is 0 Å². The van der Waals surface area contributed by atoms with E-state index in [1.807, 2.05) is 0 Å². The van der Waals surface area contributed by atoms with E-state index in [2.05, 4.69) is 24.1 Å². The molecule has 0 nitrogen and oxygen atoms in total. The third kappa shape index (κ3) is 31.5. The van der Waals surface area contributed by atoms with Crippen LogP contribution in [0.15, 0.2) is 0 Å². The van der Waals surface area contributed by atoms with Gasteiger partial charge in [0.25, 0.3) is 0 Å². The standard InChI is InChI=1S/F2HPS2.K/c1-3(2,4)5;/h(H,4,5);. The minimum atomic E-state index is -4.11. The van der Waals surface area contributed by atoms with Gasteiger partial charge in [-0.3, -0.25) is 0 Å². The second-order valence-electron chi connectivity index (χ2n) is 0.435. The summed E-state index contributed by atoms with van der Waals surface area (Å²) in [5.74, 6) is -4.11. The van der Waals surface area contributed by atoms with Gasteiger partial charge in [-0.1, -0.05) is 12.2 Å². The predicted molar refractivity (Wildman–Crippen MR) is 31.2 cm³/mol. The Balaban J connectivity index is 0. The van der Waals surface area contributed by atoms with Gasteiger partial charge < -0.3 is 0 Å². The van der Waals surface area contributed by atoms with Crippen molar-refractivity contribution in [3.63, 3.8) is 0 Å². The van der Waals surface area contributed by atoms with Gasteiger partial charge in [0.15, 0.2) is 0 Å². The van der Waals surface area contributed by atoms with Crippen LogP contribution in [-0.2, 0) is 11.8 Å². The monoisotopic (exact) mass is 173 g/mol. The van der Waals surface area contributed by atoms with Crippen LogP contribution in [0.25, 0.3) is 0 Å². The third-order valence-electron chi connectivity index (χ3n) is 0. The number of thiol groups is 1. The Kier molecular flexibility index (Phi) is 8.26. The van der Waals surface area contributed by atoms with Crippen LogP contribution in [0.1, 0.15) is 0 Å². The molecule has 0 heterocycles. The number of rotatable bonds is 0. The summed E-state index contributed by atoms with van der Waals surface area (Å²) in [6.07, 6.45) is 0. The number of hydrogen-bond donors (Lipinski definition) is 1. The first kappa shape index (κ1) is 11.3. The Hall–Kier alpha value is 2.50. The zero-order chi connectivity index (χ0) is 4.50. The van der Waals surface area contributed by atoms with Crippen molar-refractivity contribution >= 4 is 81.3 Å². The fourth-order valence-corrected chi connectivity index (χ4v) is 0. The maximum atomic E-state index is 10.8. The molecule has 0 aromatic heterocycles. The average Bonchev–Trinajstić information content (AvgIpc) is 0.722. The van der Waals surface area contributed by atoms with Crippen LogP contribution in [0, 0.1) is 0 Å². The molecule has 0 spiro atoms. The first-order valence-electron chi connectivity index (χ1n) is 0.721. The van der Waals surface area contributed by atoms with Crippen LogP contribution < -0.4 is 0 Å². The first-order chi connectivity index (χ1) is 2.00. The summed E-state index contributed by atoms with van der Waals surface area (Å²) in [4.78, 5) is 0. The van der Waals surface area contributed by atoms with E-state index in [-0.39, 0.29) is 51.4 Å².